The van der Waals surface area contributed by atoms with Gasteiger partial charge in [0.15, 0.2) is 6.23 Å². The third-order valence-electron chi connectivity index (χ3n) is 6.31. The Morgan fingerprint density at radius 1 is 1.41 bits per heavy atom. The highest BCUT2D eigenvalue weighted by Gasteiger charge is 2.48. The van der Waals surface area contributed by atoms with Crippen molar-refractivity contribution in [1.82, 2.24) is 5.01 Å². The maximum absolute atomic E-state index is 13.2. The third-order valence-corrected chi connectivity index (χ3v) is 7.90. The Balaban J connectivity index is 1.42. The van der Waals surface area contributed by atoms with Crippen LogP contribution in [0, 0.1) is 0 Å². The van der Waals surface area contributed by atoms with Gasteiger partial charge in [-0.1, -0.05) is 13.0 Å². The molecule has 0 bridgehead atoms. The number of hydrazone groups is 1. The quantitative estimate of drug-likeness (QED) is 0.770. The van der Waals surface area contributed by atoms with Crippen LogP contribution in [0.1, 0.15) is 55.4 Å². The summed E-state index contributed by atoms with van der Waals surface area (Å²) in [6, 6.07) is 1.61. The predicted molar refractivity (Wildman–Crippen MR) is 112 cm³/mol. The number of nitrogens with one attached hydrogen (secondary N) is 1. The molecule has 4 atom stereocenters. The lowest BCUT2D eigenvalue weighted by molar-refractivity contribution is -0.0260. The fourth-order valence-corrected chi connectivity index (χ4v) is 6.23. The van der Waals surface area contributed by atoms with Gasteiger partial charge in [0.1, 0.15) is 15.2 Å². The maximum Gasteiger partial charge on any atom is 0.354 e. The highest BCUT2D eigenvalue weighted by Crippen LogP contribution is 2.45. The van der Waals surface area contributed by atoms with E-state index in [2.05, 4.69) is 27.8 Å². The first-order valence-electron chi connectivity index (χ1n) is 10.2. The Labute approximate surface area is 171 Å². The first-order valence-corrected chi connectivity index (χ1v) is 11.8. The van der Waals surface area contributed by atoms with Crippen LogP contribution in [0.2, 0.25) is 0 Å². The first-order chi connectivity index (χ1) is 13.6. The molecule has 3 unspecified atom stereocenters. The second kappa shape index (κ2) is 6.26. The Morgan fingerprint density at radius 2 is 2.21 bits per heavy atom. The average molecular weight is 418 g/mol. The van der Waals surface area contributed by atoms with Gasteiger partial charge in [-0.3, -0.25) is 5.01 Å². The van der Waals surface area contributed by atoms with E-state index in [1.165, 1.54) is 28.5 Å². The number of carbonyl (C=O) groups excluding carboxylic acids is 1. The molecular formula is C20H27N5O3S. The van der Waals surface area contributed by atoms with Crippen molar-refractivity contribution < 1.29 is 13.7 Å². The van der Waals surface area contributed by atoms with Crippen LogP contribution in [0.25, 0.3) is 0 Å². The van der Waals surface area contributed by atoms with Gasteiger partial charge < -0.3 is 10.1 Å². The van der Waals surface area contributed by atoms with Crippen LogP contribution in [-0.2, 0) is 33.9 Å². The number of urea groups is 1. The standard InChI is InChI=1S/C20H27N5O3S/c1-11-7-13-8-12-5-4-6-14(12)17(16(11)13)23-19(26)24-29(21,27)15-9-22-25-10-20(2,3)28-18(15)25/h8-9,11,15,18H,4-7,10H2,1-3H3,(H3,21,23,24,26,27)/t11-,15?,18?,29?/m0/s1. The van der Waals surface area contributed by atoms with Gasteiger partial charge in [-0.25, -0.2) is 14.1 Å². The van der Waals surface area contributed by atoms with Gasteiger partial charge in [0, 0.05) is 11.9 Å². The molecule has 1 fully saturated rings. The molecule has 0 radical (unpaired) electrons. The minimum absolute atomic E-state index is 0.401. The number of benzene rings is 1. The van der Waals surface area contributed by atoms with Gasteiger partial charge in [0.05, 0.1) is 12.1 Å². The summed E-state index contributed by atoms with van der Waals surface area (Å²) < 4.78 is 23.0. The summed E-state index contributed by atoms with van der Waals surface area (Å²) in [7, 11) is -3.37. The summed E-state index contributed by atoms with van der Waals surface area (Å²) in [4.78, 5) is 12.8. The number of fused-ring (bicyclic) bond motifs is 3. The van der Waals surface area contributed by atoms with Crippen LogP contribution >= 0.6 is 0 Å². The van der Waals surface area contributed by atoms with Gasteiger partial charge in [-0.05, 0) is 67.7 Å². The number of hydrogen-bond acceptors (Lipinski definition) is 5. The molecule has 0 aromatic heterocycles. The molecule has 2 aliphatic heterocycles. The normalized spacial score (nSPS) is 30.2. The van der Waals surface area contributed by atoms with Gasteiger partial charge in [0.25, 0.3) is 0 Å². The van der Waals surface area contributed by atoms with Crippen molar-refractivity contribution in [1.29, 1.82) is 0 Å². The van der Waals surface area contributed by atoms with Crippen molar-refractivity contribution in [2.75, 3.05) is 11.9 Å². The number of rotatable bonds is 2. The predicted octanol–water partition coefficient (Wildman–Crippen LogP) is 2.51. The Bertz CT molecular complexity index is 1050. The summed E-state index contributed by atoms with van der Waals surface area (Å²) in [6.07, 6.45) is 5.03. The Kier molecular flexibility index (Phi) is 4.11. The molecule has 5 rings (SSSR count). The average Bonchev–Trinajstić information content (AvgIpc) is 3.26. The van der Waals surface area contributed by atoms with E-state index in [9.17, 15) is 9.00 Å². The first kappa shape index (κ1) is 19.0. The molecule has 8 nitrogen and oxygen atoms in total. The maximum atomic E-state index is 13.2. The molecule has 1 aromatic rings. The minimum Gasteiger partial charge on any atom is -0.347 e. The number of nitrogens with two attached hydrogens (primary N) is 1. The molecule has 4 aliphatic rings. The van der Waals surface area contributed by atoms with Crippen LogP contribution in [-0.4, -0.2) is 45.1 Å². The van der Waals surface area contributed by atoms with E-state index in [1.807, 2.05) is 13.8 Å². The van der Waals surface area contributed by atoms with E-state index in [0.717, 1.165) is 31.4 Å². The fourth-order valence-electron chi connectivity index (χ4n) is 5.05. The molecule has 0 spiro atoms. The molecule has 2 amide bonds. The van der Waals surface area contributed by atoms with Crippen LogP contribution in [0.15, 0.2) is 15.5 Å². The summed E-state index contributed by atoms with van der Waals surface area (Å²) in [5.41, 5.74) is 5.42. The fraction of sp³-hybridized carbons (Fsp3) is 0.600. The molecule has 1 saturated heterocycles. The number of aryl methyl sites for hydroxylation is 1. The van der Waals surface area contributed by atoms with Crippen molar-refractivity contribution in [2.24, 2.45) is 14.6 Å². The van der Waals surface area contributed by atoms with Crippen LogP contribution in [0.3, 0.4) is 0 Å². The summed E-state index contributed by atoms with van der Waals surface area (Å²) in [5.74, 6) is 0.401. The van der Waals surface area contributed by atoms with Crippen molar-refractivity contribution in [3.8, 4) is 0 Å². The highest BCUT2D eigenvalue weighted by molar-refractivity contribution is 7.93. The zero-order chi connectivity index (χ0) is 20.6. The summed E-state index contributed by atoms with van der Waals surface area (Å²) >= 11 is 0. The molecule has 1 aromatic carbocycles. The zero-order valence-electron chi connectivity index (χ0n) is 17.0. The summed E-state index contributed by atoms with van der Waals surface area (Å²) in [5, 5.41) is 14.2. The molecule has 2 heterocycles. The number of ether oxygens (including phenoxy) is 1. The minimum atomic E-state index is -3.37. The van der Waals surface area contributed by atoms with Crippen LogP contribution < -0.4 is 10.5 Å². The molecule has 0 saturated carbocycles. The lowest BCUT2D eigenvalue weighted by Crippen LogP contribution is -2.42. The van der Waals surface area contributed by atoms with Gasteiger partial charge in [0.2, 0.25) is 0 Å². The van der Waals surface area contributed by atoms with E-state index in [0.29, 0.717) is 12.5 Å². The van der Waals surface area contributed by atoms with Gasteiger partial charge >= 0.3 is 6.03 Å². The van der Waals surface area contributed by atoms with E-state index >= 15 is 0 Å². The lowest BCUT2D eigenvalue weighted by Gasteiger charge is -2.32. The largest absolute Gasteiger partial charge is 0.354 e. The van der Waals surface area contributed by atoms with Crippen molar-refractivity contribution >= 4 is 27.8 Å². The van der Waals surface area contributed by atoms with Crippen LogP contribution in [0.5, 0.6) is 0 Å². The van der Waals surface area contributed by atoms with Crippen LogP contribution in [0.4, 0.5) is 10.5 Å². The molecule has 156 valence electrons. The van der Waals surface area contributed by atoms with Gasteiger partial charge in [-0.2, -0.15) is 5.10 Å². The van der Waals surface area contributed by atoms with E-state index in [4.69, 9.17) is 9.88 Å². The smallest absolute Gasteiger partial charge is 0.347 e. The summed E-state index contributed by atoms with van der Waals surface area (Å²) in [6.45, 7) is 6.61. The van der Waals surface area contributed by atoms with Crippen molar-refractivity contribution in [3.63, 3.8) is 0 Å². The number of anilines is 1. The molecule has 2 aliphatic carbocycles. The molecule has 9 heteroatoms. The topological polar surface area (TPSA) is 109 Å². The monoisotopic (exact) mass is 417 g/mol. The number of hydrogen-bond donors (Lipinski definition) is 2. The highest BCUT2D eigenvalue weighted by atomic mass is 32.2. The molecule has 29 heavy (non-hydrogen) atoms. The third kappa shape index (κ3) is 3.06. The van der Waals surface area contributed by atoms with Crippen molar-refractivity contribution in [2.45, 2.75) is 69.5 Å². The number of amides is 2. The second-order valence-corrected chi connectivity index (χ2v) is 11.1. The van der Waals surface area contributed by atoms with E-state index < -0.39 is 33.0 Å². The molecular weight excluding hydrogens is 390 g/mol. The zero-order valence-corrected chi connectivity index (χ0v) is 17.8. The van der Waals surface area contributed by atoms with E-state index in [-0.39, 0.29) is 0 Å². The SMILES string of the molecule is C[C@H]1Cc2cc3c(c(NC(=O)N=S(N)(=O)C4C=NN5CC(C)(C)OC45)c21)CCC3. The van der Waals surface area contributed by atoms with E-state index in [1.54, 1.807) is 5.01 Å². The Hall–Kier alpha value is -1.97. The Morgan fingerprint density at radius 3 is 2.97 bits per heavy atom. The number of carbonyl (C=O) groups is 1. The number of nitrogens with zero attached hydrogens (tertiary/aromatic N) is 3. The van der Waals surface area contributed by atoms with Crippen molar-refractivity contribution in [3.05, 3.63) is 28.3 Å². The van der Waals surface area contributed by atoms with Gasteiger partial charge in [-0.15, -0.1) is 4.36 Å². The molecule has 3 N–H and O–H groups in total. The second-order valence-electron chi connectivity index (χ2n) is 9.15. The lowest BCUT2D eigenvalue weighted by atomic mass is 9.75.